The van der Waals surface area contributed by atoms with Crippen molar-refractivity contribution in [2.45, 2.75) is 12.6 Å². The molecule has 29 heavy (non-hydrogen) atoms. The number of hydrogen-bond acceptors (Lipinski definition) is 6. The molecule has 0 unspecified atom stereocenters. The van der Waals surface area contributed by atoms with Crippen LogP contribution in [-0.2, 0) is 6.54 Å². The highest BCUT2D eigenvalue weighted by Crippen LogP contribution is 2.31. The normalized spacial score (nSPS) is 20.4. The molecule has 1 fully saturated rings. The number of piperazine rings is 1. The lowest BCUT2D eigenvalue weighted by atomic mass is 10.0. The van der Waals surface area contributed by atoms with Gasteiger partial charge in [-0.05, 0) is 40.8 Å². The van der Waals surface area contributed by atoms with Gasteiger partial charge in [0.2, 0.25) is 5.82 Å². The van der Waals surface area contributed by atoms with Crippen molar-refractivity contribution < 1.29 is 23.7 Å². The van der Waals surface area contributed by atoms with Gasteiger partial charge >= 0.3 is 0 Å². The number of hydrogen-bond donors (Lipinski definition) is 2. The number of aromatic nitrogens is 4. The molecule has 154 valence electrons. The molecule has 3 aromatic rings. The molecule has 9 heteroatoms. The van der Waals surface area contributed by atoms with Crippen molar-refractivity contribution in [3.05, 3.63) is 53.7 Å². The van der Waals surface area contributed by atoms with Crippen molar-refractivity contribution in [2.24, 2.45) is 0 Å². The van der Waals surface area contributed by atoms with Crippen LogP contribution in [-0.4, -0.2) is 67.7 Å². The van der Waals surface area contributed by atoms with Crippen molar-refractivity contribution in [3.8, 4) is 11.5 Å². The quantitative estimate of drug-likeness (QED) is 0.520. The SMILES string of the molecule is COc1ccc(OC)c([C@H](c2nnnn2Cc2ccco2)[NH+]2CC[NH+](C)CC2)c1. The lowest BCUT2D eigenvalue weighted by Gasteiger charge is -2.33. The second kappa shape index (κ2) is 8.62. The second-order valence-electron chi connectivity index (χ2n) is 7.43. The molecule has 4 rings (SSSR count). The van der Waals surface area contributed by atoms with E-state index in [-0.39, 0.29) is 6.04 Å². The highest BCUT2D eigenvalue weighted by atomic mass is 16.5. The smallest absolute Gasteiger partial charge is 0.214 e. The van der Waals surface area contributed by atoms with Gasteiger partial charge in [0.15, 0.2) is 6.04 Å². The minimum atomic E-state index is -0.0712. The second-order valence-corrected chi connectivity index (χ2v) is 7.43. The van der Waals surface area contributed by atoms with Gasteiger partial charge in [0.25, 0.3) is 0 Å². The molecule has 1 aliphatic heterocycles. The number of benzene rings is 1. The monoisotopic (exact) mass is 400 g/mol. The number of rotatable bonds is 7. The fourth-order valence-corrected chi connectivity index (χ4v) is 3.97. The van der Waals surface area contributed by atoms with E-state index < -0.39 is 0 Å². The summed E-state index contributed by atoms with van der Waals surface area (Å²) in [6.07, 6.45) is 1.66. The van der Waals surface area contributed by atoms with Crippen molar-refractivity contribution in [2.75, 3.05) is 47.4 Å². The molecule has 1 aliphatic rings. The highest BCUT2D eigenvalue weighted by molar-refractivity contribution is 5.43. The maximum Gasteiger partial charge on any atom is 0.214 e. The van der Waals surface area contributed by atoms with Gasteiger partial charge in [0.1, 0.15) is 50.0 Å². The summed E-state index contributed by atoms with van der Waals surface area (Å²) in [6.45, 7) is 4.71. The van der Waals surface area contributed by atoms with Crippen molar-refractivity contribution >= 4 is 0 Å². The molecule has 1 saturated heterocycles. The summed E-state index contributed by atoms with van der Waals surface area (Å²) in [5, 5.41) is 12.7. The topological polar surface area (TPSA) is 84.1 Å². The number of quaternary nitrogens is 2. The van der Waals surface area contributed by atoms with E-state index in [4.69, 9.17) is 13.9 Å². The van der Waals surface area contributed by atoms with Crippen LogP contribution in [0.25, 0.3) is 0 Å². The molecule has 2 aromatic heterocycles. The van der Waals surface area contributed by atoms with Gasteiger partial charge in [-0.3, -0.25) is 0 Å². The van der Waals surface area contributed by atoms with Gasteiger partial charge in [-0.25, -0.2) is 4.68 Å². The number of nitrogens with zero attached hydrogens (tertiary/aromatic N) is 4. The Morgan fingerprint density at radius 2 is 1.97 bits per heavy atom. The lowest BCUT2D eigenvalue weighted by molar-refractivity contribution is -1.02. The van der Waals surface area contributed by atoms with E-state index in [9.17, 15) is 0 Å². The van der Waals surface area contributed by atoms with Gasteiger partial charge in [0.05, 0.1) is 33.1 Å². The Balaban J connectivity index is 1.77. The molecular formula is C20H28N6O3+2. The Kier molecular flexibility index (Phi) is 5.77. The van der Waals surface area contributed by atoms with Gasteiger partial charge in [-0.15, -0.1) is 5.10 Å². The van der Waals surface area contributed by atoms with Crippen LogP contribution in [0, 0.1) is 0 Å². The first-order valence-corrected chi connectivity index (χ1v) is 9.86. The predicted molar refractivity (Wildman–Crippen MR) is 104 cm³/mol. The zero-order chi connectivity index (χ0) is 20.2. The maximum absolute atomic E-state index is 5.71. The zero-order valence-electron chi connectivity index (χ0n) is 17.1. The van der Waals surface area contributed by atoms with E-state index in [2.05, 4.69) is 22.6 Å². The van der Waals surface area contributed by atoms with Gasteiger partial charge in [0, 0.05) is 0 Å². The van der Waals surface area contributed by atoms with Gasteiger partial charge in [-0.2, -0.15) is 0 Å². The molecule has 1 atom stereocenters. The third-order valence-electron chi connectivity index (χ3n) is 5.61. The fraction of sp³-hybridized carbons (Fsp3) is 0.450. The Labute approximate surface area is 169 Å². The Hall–Kier alpha value is -2.91. The summed E-state index contributed by atoms with van der Waals surface area (Å²) in [6, 6.07) is 9.62. The molecule has 0 aliphatic carbocycles. The minimum absolute atomic E-state index is 0.0712. The predicted octanol–water partition coefficient (Wildman–Crippen LogP) is -1.17. The molecule has 0 amide bonds. The summed E-state index contributed by atoms with van der Waals surface area (Å²) in [5.41, 5.74) is 1.02. The van der Waals surface area contributed by atoms with Crippen LogP contribution in [0.3, 0.4) is 0 Å². The minimum Gasteiger partial charge on any atom is -0.497 e. The molecule has 0 bridgehead atoms. The first-order valence-electron chi connectivity index (χ1n) is 9.86. The summed E-state index contributed by atoms with van der Waals surface area (Å²) in [5.74, 6) is 3.20. The van der Waals surface area contributed by atoms with E-state index >= 15 is 0 Å². The van der Waals surface area contributed by atoms with Crippen LogP contribution in [0.15, 0.2) is 41.0 Å². The lowest BCUT2D eigenvalue weighted by Crippen LogP contribution is -3.27. The average Bonchev–Trinajstić information content (AvgIpc) is 3.42. The Morgan fingerprint density at radius 1 is 1.14 bits per heavy atom. The summed E-state index contributed by atoms with van der Waals surface area (Å²) < 4.78 is 18.5. The number of methoxy groups -OCH3 is 2. The van der Waals surface area contributed by atoms with Gasteiger partial charge < -0.3 is 23.7 Å². The van der Waals surface area contributed by atoms with Gasteiger partial charge in [-0.1, -0.05) is 0 Å². The summed E-state index contributed by atoms with van der Waals surface area (Å²) in [4.78, 5) is 2.96. The molecular weight excluding hydrogens is 372 g/mol. The fourth-order valence-electron chi connectivity index (χ4n) is 3.97. The van der Waals surface area contributed by atoms with Crippen molar-refractivity contribution in [1.82, 2.24) is 20.2 Å². The van der Waals surface area contributed by atoms with E-state index in [0.717, 1.165) is 54.8 Å². The zero-order valence-corrected chi connectivity index (χ0v) is 17.1. The number of nitrogens with one attached hydrogen (secondary N) is 2. The first kappa shape index (κ1) is 19.4. The third kappa shape index (κ3) is 4.10. The van der Waals surface area contributed by atoms with E-state index in [0.29, 0.717) is 6.54 Å². The molecule has 3 heterocycles. The van der Waals surface area contributed by atoms with Crippen LogP contribution < -0.4 is 19.3 Å². The molecule has 1 aromatic carbocycles. The molecule has 0 radical (unpaired) electrons. The largest absolute Gasteiger partial charge is 0.497 e. The first-order chi connectivity index (χ1) is 14.2. The van der Waals surface area contributed by atoms with Crippen LogP contribution >= 0.6 is 0 Å². The number of ether oxygens (including phenoxy) is 2. The standard InChI is InChI=1S/C20H26N6O3/c1-24-8-10-25(11-9-24)19(17-13-15(27-2)6-7-18(17)28-3)20-21-22-23-26(20)14-16-5-4-12-29-16/h4-7,12-13,19H,8-11,14H2,1-3H3/p+2/t19-/m1/s1. The number of tetrazole rings is 1. The summed E-state index contributed by atoms with van der Waals surface area (Å²) >= 11 is 0. The van der Waals surface area contributed by atoms with Crippen LogP contribution in [0.4, 0.5) is 0 Å². The van der Waals surface area contributed by atoms with Crippen LogP contribution in [0.1, 0.15) is 23.2 Å². The van der Waals surface area contributed by atoms with Crippen LogP contribution in [0.5, 0.6) is 11.5 Å². The molecule has 0 saturated carbocycles. The number of furan rings is 1. The third-order valence-corrected chi connectivity index (χ3v) is 5.61. The van der Waals surface area contributed by atoms with Crippen molar-refractivity contribution in [1.29, 1.82) is 0 Å². The molecule has 9 nitrogen and oxygen atoms in total. The van der Waals surface area contributed by atoms with E-state index in [1.807, 2.05) is 35.0 Å². The maximum atomic E-state index is 5.71. The van der Waals surface area contributed by atoms with Crippen molar-refractivity contribution in [3.63, 3.8) is 0 Å². The summed E-state index contributed by atoms with van der Waals surface area (Å²) in [7, 11) is 5.60. The van der Waals surface area contributed by atoms with E-state index in [1.54, 1.807) is 25.4 Å². The molecule has 0 spiro atoms. The Morgan fingerprint density at radius 3 is 2.66 bits per heavy atom. The van der Waals surface area contributed by atoms with E-state index in [1.165, 1.54) is 4.90 Å². The average molecular weight is 400 g/mol. The highest BCUT2D eigenvalue weighted by Gasteiger charge is 2.37. The Bertz CT molecular complexity index is 918. The molecule has 2 N–H and O–H groups in total. The number of likely N-dealkylation sites (N-methyl/N-ethyl adjacent to an activating group) is 1. The van der Waals surface area contributed by atoms with Crippen LogP contribution in [0.2, 0.25) is 0 Å².